The molecule has 27 heavy (non-hydrogen) atoms. The molecule has 0 radical (unpaired) electrons. The fraction of sp³-hybridized carbons (Fsp3) is 0.211. The monoisotopic (exact) mass is 390 g/mol. The minimum atomic E-state index is -1.06. The molecule has 0 saturated carbocycles. The van der Waals surface area contributed by atoms with Gasteiger partial charge >= 0.3 is 5.97 Å². The van der Waals surface area contributed by atoms with Gasteiger partial charge in [-0.05, 0) is 43.3 Å². The summed E-state index contributed by atoms with van der Waals surface area (Å²) in [6.07, 6.45) is -1.06. The number of halogens is 1. The van der Waals surface area contributed by atoms with Crippen molar-refractivity contribution in [2.24, 2.45) is 0 Å². The van der Waals surface area contributed by atoms with Crippen LogP contribution in [0.25, 0.3) is 0 Å². The molecule has 8 heteroatoms. The second-order valence-electron chi connectivity index (χ2n) is 5.64. The third kappa shape index (κ3) is 5.72. The summed E-state index contributed by atoms with van der Waals surface area (Å²) in [6.45, 7) is 2.81. The van der Waals surface area contributed by atoms with Crippen LogP contribution in [0.4, 0.5) is 11.4 Å². The molecule has 0 aliphatic carbocycles. The highest BCUT2D eigenvalue weighted by molar-refractivity contribution is 6.31. The quantitative estimate of drug-likeness (QED) is 0.736. The lowest BCUT2D eigenvalue weighted by Gasteiger charge is -2.15. The molecule has 7 nitrogen and oxygen atoms in total. The minimum Gasteiger partial charge on any atom is -0.495 e. The van der Waals surface area contributed by atoms with Crippen LogP contribution in [0.5, 0.6) is 5.75 Å². The standard InChI is InChI=1S/C19H19ClN2O5/c1-11(18(24)22-16-10-14(20)7-8-17(16)26-3)27-19(25)13-5-4-6-15(9-13)21-12(2)23/h4-11H,1-3H3,(H,21,23)(H,22,24)/t11-/m1/s1. The molecule has 0 unspecified atom stereocenters. The van der Waals surface area contributed by atoms with Gasteiger partial charge in [0.2, 0.25) is 5.91 Å². The number of rotatable bonds is 6. The largest absolute Gasteiger partial charge is 0.495 e. The van der Waals surface area contributed by atoms with Gasteiger partial charge in [-0.15, -0.1) is 0 Å². The van der Waals surface area contributed by atoms with Crippen LogP contribution >= 0.6 is 11.6 Å². The summed E-state index contributed by atoms with van der Waals surface area (Å²) < 4.78 is 10.4. The van der Waals surface area contributed by atoms with E-state index in [1.54, 1.807) is 24.3 Å². The highest BCUT2D eigenvalue weighted by Crippen LogP contribution is 2.27. The third-order valence-electron chi connectivity index (χ3n) is 3.49. The molecule has 1 atom stereocenters. The van der Waals surface area contributed by atoms with E-state index in [0.29, 0.717) is 22.1 Å². The van der Waals surface area contributed by atoms with Gasteiger partial charge in [-0.1, -0.05) is 17.7 Å². The first-order chi connectivity index (χ1) is 12.8. The lowest BCUT2D eigenvalue weighted by molar-refractivity contribution is -0.123. The Bertz CT molecular complexity index is 869. The Hall–Kier alpha value is -3.06. The zero-order chi connectivity index (χ0) is 20.0. The Morgan fingerprint density at radius 3 is 2.48 bits per heavy atom. The number of hydrogen-bond donors (Lipinski definition) is 2. The second-order valence-corrected chi connectivity index (χ2v) is 6.08. The van der Waals surface area contributed by atoms with Crippen molar-refractivity contribution < 1.29 is 23.9 Å². The summed E-state index contributed by atoms with van der Waals surface area (Å²) in [5, 5.41) is 5.61. The molecule has 0 spiro atoms. The van der Waals surface area contributed by atoms with Gasteiger partial charge in [-0.2, -0.15) is 0 Å². The first-order valence-corrected chi connectivity index (χ1v) is 8.41. The Kier molecular flexibility index (Phi) is 6.79. The van der Waals surface area contributed by atoms with E-state index in [1.165, 1.54) is 39.2 Å². The average molecular weight is 391 g/mol. The van der Waals surface area contributed by atoms with E-state index in [1.807, 2.05) is 0 Å². The van der Waals surface area contributed by atoms with Gasteiger partial charge in [0.1, 0.15) is 5.75 Å². The van der Waals surface area contributed by atoms with Crippen molar-refractivity contribution in [3.63, 3.8) is 0 Å². The third-order valence-corrected chi connectivity index (χ3v) is 3.73. The molecule has 2 aromatic carbocycles. The van der Waals surface area contributed by atoms with E-state index in [-0.39, 0.29) is 11.5 Å². The zero-order valence-electron chi connectivity index (χ0n) is 15.0. The molecule has 0 fully saturated rings. The molecule has 142 valence electrons. The summed E-state index contributed by atoms with van der Waals surface area (Å²) in [5.41, 5.74) is 1.03. The van der Waals surface area contributed by atoms with Gasteiger partial charge in [-0.25, -0.2) is 4.79 Å². The number of esters is 1. The Morgan fingerprint density at radius 1 is 1.07 bits per heavy atom. The maximum atomic E-state index is 12.3. The molecule has 2 amide bonds. The van der Waals surface area contributed by atoms with Gasteiger partial charge in [0.05, 0.1) is 18.4 Å². The average Bonchev–Trinajstić information content (AvgIpc) is 2.61. The van der Waals surface area contributed by atoms with Crippen LogP contribution in [0.15, 0.2) is 42.5 Å². The zero-order valence-corrected chi connectivity index (χ0v) is 15.8. The molecule has 0 saturated heterocycles. The Labute approximate surface area is 161 Å². The summed E-state index contributed by atoms with van der Waals surface area (Å²) in [6, 6.07) is 11.0. The molecule has 0 bridgehead atoms. The van der Waals surface area contributed by atoms with E-state index >= 15 is 0 Å². The molecular formula is C19H19ClN2O5. The van der Waals surface area contributed by atoms with Crippen LogP contribution in [0.3, 0.4) is 0 Å². The van der Waals surface area contributed by atoms with E-state index < -0.39 is 18.0 Å². The van der Waals surface area contributed by atoms with Crippen molar-refractivity contribution in [3.05, 3.63) is 53.1 Å². The van der Waals surface area contributed by atoms with Crippen molar-refractivity contribution in [2.75, 3.05) is 17.7 Å². The summed E-state index contributed by atoms with van der Waals surface area (Å²) in [5.74, 6) is -1.07. The maximum Gasteiger partial charge on any atom is 0.338 e. The Morgan fingerprint density at radius 2 is 1.81 bits per heavy atom. The SMILES string of the molecule is COc1ccc(Cl)cc1NC(=O)[C@@H](C)OC(=O)c1cccc(NC(C)=O)c1. The van der Waals surface area contributed by atoms with Crippen molar-refractivity contribution in [2.45, 2.75) is 20.0 Å². The number of carbonyl (C=O) groups excluding carboxylic acids is 3. The number of benzene rings is 2. The van der Waals surface area contributed by atoms with E-state index in [9.17, 15) is 14.4 Å². The van der Waals surface area contributed by atoms with Gasteiger partial charge in [0, 0.05) is 17.6 Å². The number of carbonyl (C=O) groups is 3. The number of ether oxygens (including phenoxy) is 2. The highest BCUT2D eigenvalue weighted by atomic mass is 35.5. The predicted octanol–water partition coefficient (Wildman–Crippen LogP) is 3.49. The van der Waals surface area contributed by atoms with Crippen LogP contribution in [-0.4, -0.2) is 31.0 Å². The van der Waals surface area contributed by atoms with Gasteiger partial charge in [0.15, 0.2) is 6.10 Å². The summed E-state index contributed by atoms with van der Waals surface area (Å²) in [7, 11) is 1.46. The van der Waals surface area contributed by atoms with E-state index in [4.69, 9.17) is 21.1 Å². The molecule has 2 aromatic rings. The van der Waals surface area contributed by atoms with Crippen LogP contribution in [0.1, 0.15) is 24.2 Å². The molecule has 0 aliphatic heterocycles. The topological polar surface area (TPSA) is 93.7 Å². The van der Waals surface area contributed by atoms with Gasteiger partial charge in [-0.3, -0.25) is 9.59 Å². The van der Waals surface area contributed by atoms with E-state index in [0.717, 1.165) is 0 Å². The van der Waals surface area contributed by atoms with Crippen molar-refractivity contribution >= 4 is 40.8 Å². The lowest BCUT2D eigenvalue weighted by Crippen LogP contribution is -2.30. The summed E-state index contributed by atoms with van der Waals surface area (Å²) >= 11 is 5.93. The molecule has 0 aromatic heterocycles. The predicted molar refractivity (Wildman–Crippen MR) is 102 cm³/mol. The van der Waals surface area contributed by atoms with Gasteiger partial charge < -0.3 is 20.1 Å². The normalized spacial score (nSPS) is 11.3. The molecule has 0 heterocycles. The van der Waals surface area contributed by atoms with Crippen molar-refractivity contribution in [1.29, 1.82) is 0 Å². The lowest BCUT2D eigenvalue weighted by atomic mass is 10.2. The fourth-order valence-corrected chi connectivity index (χ4v) is 2.39. The fourth-order valence-electron chi connectivity index (χ4n) is 2.22. The van der Waals surface area contributed by atoms with Crippen LogP contribution in [0, 0.1) is 0 Å². The summed E-state index contributed by atoms with van der Waals surface area (Å²) in [4.78, 5) is 35.7. The minimum absolute atomic E-state index is 0.209. The smallest absolute Gasteiger partial charge is 0.338 e. The Balaban J connectivity index is 2.05. The number of anilines is 2. The first-order valence-electron chi connectivity index (χ1n) is 8.03. The highest BCUT2D eigenvalue weighted by Gasteiger charge is 2.20. The van der Waals surface area contributed by atoms with Crippen molar-refractivity contribution in [1.82, 2.24) is 0 Å². The molecular weight excluding hydrogens is 372 g/mol. The van der Waals surface area contributed by atoms with Crippen LogP contribution in [0.2, 0.25) is 5.02 Å². The number of methoxy groups -OCH3 is 1. The van der Waals surface area contributed by atoms with Crippen LogP contribution in [-0.2, 0) is 14.3 Å². The number of hydrogen-bond acceptors (Lipinski definition) is 5. The number of nitrogens with one attached hydrogen (secondary N) is 2. The molecule has 2 N–H and O–H groups in total. The van der Waals surface area contributed by atoms with Crippen LogP contribution < -0.4 is 15.4 Å². The first kappa shape index (κ1) is 20.3. The molecule has 2 rings (SSSR count). The van der Waals surface area contributed by atoms with Gasteiger partial charge in [0.25, 0.3) is 5.91 Å². The van der Waals surface area contributed by atoms with Crippen molar-refractivity contribution in [3.8, 4) is 5.75 Å². The van der Waals surface area contributed by atoms with E-state index in [2.05, 4.69) is 10.6 Å². The second kappa shape index (κ2) is 9.05. The maximum absolute atomic E-state index is 12.3. The number of amides is 2. The molecule has 0 aliphatic rings.